The highest BCUT2D eigenvalue weighted by atomic mass is 32.1. The molecular formula is C10H14N4S. The molecule has 2 heterocycles. The Kier molecular flexibility index (Phi) is 2.34. The van der Waals surface area contributed by atoms with Gasteiger partial charge in [-0.25, -0.2) is 9.67 Å². The van der Waals surface area contributed by atoms with Gasteiger partial charge in [0.1, 0.15) is 5.82 Å². The van der Waals surface area contributed by atoms with Gasteiger partial charge in [0.15, 0.2) is 0 Å². The van der Waals surface area contributed by atoms with Crippen LogP contribution in [-0.4, -0.2) is 19.1 Å². The van der Waals surface area contributed by atoms with Crippen LogP contribution in [0.2, 0.25) is 0 Å². The molecule has 0 atom stereocenters. The van der Waals surface area contributed by atoms with Crippen LogP contribution in [-0.2, 0) is 5.41 Å². The van der Waals surface area contributed by atoms with Crippen LogP contribution in [0.5, 0.6) is 0 Å². The Labute approximate surface area is 93.1 Å². The first-order valence-electron chi connectivity index (χ1n) is 4.83. The van der Waals surface area contributed by atoms with Crippen LogP contribution < -0.4 is 0 Å². The Morgan fingerprint density at radius 2 is 2.07 bits per heavy atom. The van der Waals surface area contributed by atoms with E-state index in [1.807, 2.05) is 19.2 Å². The molecule has 0 aliphatic heterocycles. The zero-order chi connectivity index (χ0) is 11.1. The molecule has 4 nitrogen and oxygen atoms in total. The van der Waals surface area contributed by atoms with Crippen molar-refractivity contribution in [2.75, 3.05) is 0 Å². The number of hydrogen-bond acceptors (Lipinski definition) is 4. The zero-order valence-corrected chi connectivity index (χ0v) is 10.2. The van der Waals surface area contributed by atoms with Crippen LogP contribution in [0.1, 0.15) is 32.3 Å². The van der Waals surface area contributed by atoms with Crippen molar-refractivity contribution >= 4 is 11.5 Å². The summed E-state index contributed by atoms with van der Waals surface area (Å²) in [4.78, 5) is 4.47. The van der Waals surface area contributed by atoms with Gasteiger partial charge >= 0.3 is 0 Å². The maximum atomic E-state index is 4.47. The molecule has 2 aromatic rings. The molecule has 0 aliphatic carbocycles. The topological polar surface area (TPSA) is 43.6 Å². The standard InChI is InChI=1S/C10H14N4S/c1-7-5-6-14(12-7)9-11-8(13-15-9)10(2,3)4/h5-6H,1-4H3. The molecule has 0 unspecified atom stereocenters. The van der Waals surface area contributed by atoms with Crippen molar-refractivity contribution in [3.05, 3.63) is 23.8 Å². The zero-order valence-electron chi connectivity index (χ0n) is 9.35. The molecule has 0 aromatic carbocycles. The summed E-state index contributed by atoms with van der Waals surface area (Å²) in [6.07, 6.45) is 1.91. The van der Waals surface area contributed by atoms with Crippen molar-refractivity contribution in [2.45, 2.75) is 33.1 Å². The number of aryl methyl sites for hydroxylation is 1. The molecule has 80 valence electrons. The highest BCUT2D eigenvalue weighted by molar-refractivity contribution is 7.08. The molecule has 0 radical (unpaired) electrons. The lowest BCUT2D eigenvalue weighted by Crippen LogP contribution is -2.13. The lowest BCUT2D eigenvalue weighted by molar-refractivity contribution is 0.553. The summed E-state index contributed by atoms with van der Waals surface area (Å²) in [5, 5.41) is 5.13. The minimum Gasteiger partial charge on any atom is -0.212 e. The predicted octanol–water partition coefficient (Wildman–Crippen LogP) is 2.33. The largest absolute Gasteiger partial charge is 0.230 e. The molecule has 2 rings (SSSR count). The van der Waals surface area contributed by atoms with E-state index in [0.717, 1.165) is 16.6 Å². The van der Waals surface area contributed by atoms with E-state index in [2.05, 4.69) is 35.2 Å². The summed E-state index contributed by atoms with van der Waals surface area (Å²) < 4.78 is 6.11. The second-order valence-electron chi connectivity index (χ2n) is 4.55. The van der Waals surface area contributed by atoms with E-state index < -0.39 is 0 Å². The van der Waals surface area contributed by atoms with Crippen LogP contribution in [0.25, 0.3) is 5.13 Å². The van der Waals surface area contributed by atoms with Crippen molar-refractivity contribution in [1.82, 2.24) is 19.1 Å². The van der Waals surface area contributed by atoms with Gasteiger partial charge in [0, 0.05) is 23.1 Å². The maximum Gasteiger partial charge on any atom is 0.230 e. The van der Waals surface area contributed by atoms with Crippen LogP contribution in [0.15, 0.2) is 12.3 Å². The molecular weight excluding hydrogens is 208 g/mol. The Morgan fingerprint density at radius 3 is 2.53 bits per heavy atom. The Morgan fingerprint density at radius 1 is 1.33 bits per heavy atom. The molecule has 5 heteroatoms. The first kappa shape index (κ1) is 10.3. The number of hydrogen-bond donors (Lipinski definition) is 0. The molecule has 2 aromatic heterocycles. The summed E-state index contributed by atoms with van der Waals surface area (Å²) in [7, 11) is 0. The monoisotopic (exact) mass is 222 g/mol. The highest BCUT2D eigenvalue weighted by Crippen LogP contribution is 2.22. The smallest absolute Gasteiger partial charge is 0.212 e. The molecule has 0 amide bonds. The fourth-order valence-electron chi connectivity index (χ4n) is 1.13. The third-order valence-electron chi connectivity index (χ3n) is 2.00. The first-order valence-corrected chi connectivity index (χ1v) is 5.61. The number of rotatable bonds is 1. The van der Waals surface area contributed by atoms with Gasteiger partial charge in [-0.05, 0) is 13.0 Å². The third kappa shape index (κ3) is 2.07. The summed E-state index contributed by atoms with van der Waals surface area (Å²) in [6, 6.07) is 1.96. The number of nitrogens with zero attached hydrogens (tertiary/aromatic N) is 4. The van der Waals surface area contributed by atoms with Crippen LogP contribution in [0.4, 0.5) is 0 Å². The third-order valence-corrected chi connectivity index (χ3v) is 2.71. The quantitative estimate of drug-likeness (QED) is 0.743. The highest BCUT2D eigenvalue weighted by Gasteiger charge is 2.20. The van der Waals surface area contributed by atoms with Gasteiger partial charge in [-0.1, -0.05) is 20.8 Å². The predicted molar refractivity (Wildman–Crippen MR) is 60.5 cm³/mol. The SMILES string of the molecule is Cc1ccn(-c2nc(C(C)(C)C)ns2)n1. The van der Waals surface area contributed by atoms with Gasteiger partial charge in [-0.2, -0.15) is 9.47 Å². The van der Waals surface area contributed by atoms with E-state index in [9.17, 15) is 0 Å². The minimum atomic E-state index is -0.00303. The summed E-state index contributed by atoms with van der Waals surface area (Å²) in [6.45, 7) is 8.27. The van der Waals surface area contributed by atoms with E-state index >= 15 is 0 Å². The Bertz CT molecular complexity index is 464. The van der Waals surface area contributed by atoms with Crippen molar-refractivity contribution < 1.29 is 0 Å². The average molecular weight is 222 g/mol. The Balaban J connectivity index is 2.36. The molecule has 0 N–H and O–H groups in total. The average Bonchev–Trinajstić information content (AvgIpc) is 2.69. The fourth-order valence-corrected chi connectivity index (χ4v) is 1.93. The van der Waals surface area contributed by atoms with E-state index in [-0.39, 0.29) is 5.41 Å². The molecule has 0 saturated heterocycles. The van der Waals surface area contributed by atoms with Gasteiger partial charge in [-0.3, -0.25) is 0 Å². The van der Waals surface area contributed by atoms with Gasteiger partial charge in [0.05, 0.1) is 5.69 Å². The second-order valence-corrected chi connectivity index (χ2v) is 5.28. The van der Waals surface area contributed by atoms with E-state index in [4.69, 9.17) is 0 Å². The second kappa shape index (κ2) is 3.41. The van der Waals surface area contributed by atoms with Gasteiger partial charge in [0.25, 0.3) is 0 Å². The lowest BCUT2D eigenvalue weighted by atomic mass is 9.96. The molecule has 0 spiro atoms. The van der Waals surface area contributed by atoms with Crippen molar-refractivity contribution in [3.63, 3.8) is 0 Å². The maximum absolute atomic E-state index is 4.47. The van der Waals surface area contributed by atoms with Gasteiger partial charge < -0.3 is 0 Å². The van der Waals surface area contributed by atoms with E-state index in [1.165, 1.54) is 11.5 Å². The molecule has 0 bridgehead atoms. The van der Waals surface area contributed by atoms with Gasteiger partial charge in [0.2, 0.25) is 5.13 Å². The van der Waals surface area contributed by atoms with Crippen molar-refractivity contribution in [2.24, 2.45) is 0 Å². The molecule has 15 heavy (non-hydrogen) atoms. The summed E-state index contributed by atoms with van der Waals surface area (Å²) >= 11 is 1.38. The van der Waals surface area contributed by atoms with E-state index in [0.29, 0.717) is 0 Å². The summed E-state index contributed by atoms with van der Waals surface area (Å²) in [5.74, 6) is 0.871. The van der Waals surface area contributed by atoms with Crippen LogP contribution in [0, 0.1) is 6.92 Å². The minimum absolute atomic E-state index is 0.00303. The molecule has 0 saturated carbocycles. The normalized spacial score (nSPS) is 12.0. The fraction of sp³-hybridized carbons (Fsp3) is 0.500. The summed E-state index contributed by atoms with van der Waals surface area (Å²) in [5.41, 5.74) is 0.985. The Hall–Kier alpha value is -1.23. The first-order chi connectivity index (χ1) is 6.97. The van der Waals surface area contributed by atoms with Gasteiger partial charge in [-0.15, -0.1) is 0 Å². The van der Waals surface area contributed by atoms with Crippen LogP contribution >= 0.6 is 11.5 Å². The lowest BCUT2D eigenvalue weighted by Gasteiger charge is -2.11. The number of aromatic nitrogens is 4. The van der Waals surface area contributed by atoms with Crippen molar-refractivity contribution in [3.8, 4) is 5.13 Å². The van der Waals surface area contributed by atoms with Crippen molar-refractivity contribution in [1.29, 1.82) is 0 Å². The molecule has 0 fully saturated rings. The molecule has 0 aliphatic rings. The van der Waals surface area contributed by atoms with E-state index in [1.54, 1.807) is 4.68 Å². The van der Waals surface area contributed by atoms with Crippen LogP contribution in [0.3, 0.4) is 0 Å².